The number of nitrogens with one attached hydrogen (secondary N) is 1. The van der Waals surface area contributed by atoms with Crippen LogP contribution < -0.4 is 5.32 Å². The Morgan fingerprint density at radius 3 is 2.78 bits per heavy atom. The summed E-state index contributed by atoms with van der Waals surface area (Å²) in [4.78, 5) is 13.0. The molecular formula is C17H19N3O2S. The Kier molecular flexibility index (Phi) is 4.34. The molecule has 0 aliphatic carbocycles. The van der Waals surface area contributed by atoms with Gasteiger partial charge in [0.2, 0.25) is 0 Å². The SMILES string of the molecule is Cc1csc(C(=O)NC[C@H](c2ccco2)n2nc(C)cc2C)c1. The molecule has 5 nitrogen and oxygen atoms in total. The van der Waals surface area contributed by atoms with Gasteiger partial charge in [-0.1, -0.05) is 0 Å². The molecule has 3 aromatic rings. The van der Waals surface area contributed by atoms with Gasteiger partial charge in [-0.15, -0.1) is 11.3 Å². The van der Waals surface area contributed by atoms with E-state index < -0.39 is 0 Å². The van der Waals surface area contributed by atoms with Crippen LogP contribution in [-0.2, 0) is 0 Å². The first-order valence-corrected chi connectivity index (χ1v) is 8.32. The van der Waals surface area contributed by atoms with E-state index in [4.69, 9.17) is 4.42 Å². The third kappa shape index (κ3) is 3.37. The fourth-order valence-electron chi connectivity index (χ4n) is 2.58. The minimum absolute atomic E-state index is 0.0683. The summed E-state index contributed by atoms with van der Waals surface area (Å²) in [6.07, 6.45) is 1.64. The molecule has 6 heteroatoms. The van der Waals surface area contributed by atoms with Gasteiger partial charge in [-0.05, 0) is 56.0 Å². The number of thiophene rings is 1. The molecule has 0 bridgehead atoms. The van der Waals surface area contributed by atoms with E-state index in [0.29, 0.717) is 11.4 Å². The Morgan fingerprint density at radius 2 is 2.22 bits per heavy atom. The summed E-state index contributed by atoms with van der Waals surface area (Å²) in [5, 5.41) is 9.49. The lowest BCUT2D eigenvalue weighted by Gasteiger charge is -2.17. The molecule has 0 spiro atoms. The lowest BCUT2D eigenvalue weighted by Crippen LogP contribution is -2.31. The van der Waals surface area contributed by atoms with Crippen LogP contribution in [0.3, 0.4) is 0 Å². The van der Waals surface area contributed by atoms with Gasteiger partial charge >= 0.3 is 0 Å². The first-order valence-electron chi connectivity index (χ1n) is 7.44. The van der Waals surface area contributed by atoms with E-state index in [9.17, 15) is 4.79 Å². The number of rotatable bonds is 5. The van der Waals surface area contributed by atoms with Crippen LogP contribution in [-0.4, -0.2) is 22.2 Å². The Balaban J connectivity index is 1.80. The third-order valence-corrected chi connectivity index (χ3v) is 4.67. The molecule has 1 atom stereocenters. The first kappa shape index (κ1) is 15.6. The van der Waals surface area contributed by atoms with E-state index in [0.717, 1.165) is 22.7 Å². The molecule has 120 valence electrons. The Labute approximate surface area is 138 Å². The maximum atomic E-state index is 12.3. The molecular weight excluding hydrogens is 310 g/mol. The Bertz CT molecular complexity index is 802. The van der Waals surface area contributed by atoms with Crippen LogP contribution in [0.1, 0.15) is 38.4 Å². The van der Waals surface area contributed by atoms with Crippen molar-refractivity contribution in [3.8, 4) is 0 Å². The van der Waals surface area contributed by atoms with E-state index in [1.54, 1.807) is 6.26 Å². The zero-order valence-corrected chi connectivity index (χ0v) is 14.2. The fraction of sp³-hybridized carbons (Fsp3) is 0.294. The number of carbonyl (C=O) groups excluding carboxylic acids is 1. The Hall–Kier alpha value is -2.34. The highest BCUT2D eigenvalue weighted by molar-refractivity contribution is 7.12. The Morgan fingerprint density at radius 1 is 1.39 bits per heavy atom. The molecule has 3 rings (SSSR count). The quantitative estimate of drug-likeness (QED) is 0.779. The number of aryl methyl sites for hydroxylation is 3. The van der Waals surface area contributed by atoms with E-state index in [1.807, 2.05) is 55.1 Å². The number of amides is 1. The molecule has 0 fully saturated rings. The summed E-state index contributed by atoms with van der Waals surface area (Å²) >= 11 is 1.45. The molecule has 0 aliphatic rings. The second kappa shape index (κ2) is 6.42. The smallest absolute Gasteiger partial charge is 0.261 e. The van der Waals surface area contributed by atoms with Gasteiger partial charge in [0, 0.05) is 12.2 Å². The zero-order chi connectivity index (χ0) is 16.4. The molecule has 1 N–H and O–H groups in total. The predicted octanol–water partition coefficient (Wildman–Crippen LogP) is 3.48. The highest BCUT2D eigenvalue weighted by Gasteiger charge is 2.21. The van der Waals surface area contributed by atoms with Gasteiger partial charge in [0.1, 0.15) is 11.8 Å². The molecule has 0 radical (unpaired) electrons. The second-order valence-electron chi connectivity index (χ2n) is 5.60. The van der Waals surface area contributed by atoms with Gasteiger partial charge in [0.25, 0.3) is 5.91 Å². The van der Waals surface area contributed by atoms with Crippen LogP contribution in [0.15, 0.2) is 40.3 Å². The van der Waals surface area contributed by atoms with Crippen molar-refractivity contribution in [3.05, 3.63) is 63.5 Å². The van der Waals surface area contributed by atoms with Crippen molar-refractivity contribution < 1.29 is 9.21 Å². The van der Waals surface area contributed by atoms with E-state index in [-0.39, 0.29) is 11.9 Å². The van der Waals surface area contributed by atoms with Crippen molar-refractivity contribution in [3.63, 3.8) is 0 Å². The number of nitrogens with zero attached hydrogens (tertiary/aromatic N) is 2. The van der Waals surface area contributed by atoms with Gasteiger partial charge in [-0.2, -0.15) is 5.10 Å². The summed E-state index contributed by atoms with van der Waals surface area (Å²) in [7, 11) is 0. The molecule has 3 aromatic heterocycles. The van der Waals surface area contributed by atoms with Crippen LogP contribution >= 0.6 is 11.3 Å². The first-order chi connectivity index (χ1) is 11.0. The van der Waals surface area contributed by atoms with Crippen molar-refractivity contribution in [2.24, 2.45) is 0 Å². The maximum absolute atomic E-state index is 12.3. The lowest BCUT2D eigenvalue weighted by atomic mass is 10.2. The monoisotopic (exact) mass is 329 g/mol. The molecule has 0 saturated carbocycles. The van der Waals surface area contributed by atoms with E-state index in [2.05, 4.69) is 10.4 Å². The van der Waals surface area contributed by atoms with Gasteiger partial charge in [-0.3, -0.25) is 9.48 Å². The van der Waals surface area contributed by atoms with E-state index in [1.165, 1.54) is 11.3 Å². The van der Waals surface area contributed by atoms with Gasteiger partial charge in [0.05, 0.1) is 16.8 Å². The van der Waals surface area contributed by atoms with Crippen molar-refractivity contribution in [2.45, 2.75) is 26.8 Å². The summed E-state index contributed by atoms with van der Waals surface area (Å²) in [6.45, 7) is 6.36. The standard InChI is InChI=1S/C17H19N3O2S/c1-11-7-16(23-10-11)17(21)18-9-14(15-5-4-6-22-15)20-13(3)8-12(2)19-20/h4-8,10,14H,9H2,1-3H3,(H,18,21)/t14-/m1/s1. The molecule has 23 heavy (non-hydrogen) atoms. The summed E-state index contributed by atoms with van der Waals surface area (Å²) in [5.74, 6) is 0.708. The number of hydrogen-bond acceptors (Lipinski definition) is 4. The third-order valence-electron chi connectivity index (χ3n) is 3.62. The van der Waals surface area contributed by atoms with Crippen molar-refractivity contribution in [1.82, 2.24) is 15.1 Å². The molecule has 3 heterocycles. The minimum Gasteiger partial charge on any atom is -0.467 e. The topological polar surface area (TPSA) is 60.1 Å². The van der Waals surface area contributed by atoms with Crippen LogP contribution in [0.25, 0.3) is 0 Å². The summed E-state index contributed by atoms with van der Waals surface area (Å²) in [6, 6.07) is 7.50. The average Bonchev–Trinajstić information content (AvgIpc) is 3.22. The molecule has 1 amide bonds. The van der Waals surface area contributed by atoms with Gasteiger partial charge in [0.15, 0.2) is 0 Å². The maximum Gasteiger partial charge on any atom is 0.261 e. The van der Waals surface area contributed by atoms with Crippen molar-refractivity contribution in [2.75, 3.05) is 6.54 Å². The number of aromatic nitrogens is 2. The zero-order valence-electron chi connectivity index (χ0n) is 13.4. The molecule has 0 aliphatic heterocycles. The highest BCUT2D eigenvalue weighted by atomic mass is 32.1. The second-order valence-corrected chi connectivity index (χ2v) is 6.51. The average molecular weight is 329 g/mol. The summed E-state index contributed by atoms with van der Waals surface area (Å²) in [5.41, 5.74) is 3.07. The van der Waals surface area contributed by atoms with Crippen molar-refractivity contribution in [1.29, 1.82) is 0 Å². The van der Waals surface area contributed by atoms with Crippen LogP contribution in [0.4, 0.5) is 0 Å². The van der Waals surface area contributed by atoms with Gasteiger partial charge in [-0.25, -0.2) is 0 Å². The summed E-state index contributed by atoms with van der Waals surface area (Å²) < 4.78 is 7.44. The number of hydrogen-bond donors (Lipinski definition) is 1. The number of carbonyl (C=O) groups is 1. The largest absolute Gasteiger partial charge is 0.467 e. The lowest BCUT2D eigenvalue weighted by molar-refractivity contribution is 0.0952. The fourth-order valence-corrected chi connectivity index (χ4v) is 3.39. The predicted molar refractivity (Wildman–Crippen MR) is 89.9 cm³/mol. The van der Waals surface area contributed by atoms with E-state index >= 15 is 0 Å². The highest BCUT2D eigenvalue weighted by Crippen LogP contribution is 2.21. The molecule has 0 saturated heterocycles. The van der Waals surface area contributed by atoms with Crippen LogP contribution in [0, 0.1) is 20.8 Å². The molecule has 0 unspecified atom stereocenters. The van der Waals surface area contributed by atoms with Crippen molar-refractivity contribution >= 4 is 17.2 Å². The van der Waals surface area contributed by atoms with Crippen LogP contribution in [0.2, 0.25) is 0 Å². The number of furan rings is 1. The molecule has 0 aromatic carbocycles. The minimum atomic E-state index is -0.163. The normalized spacial score (nSPS) is 12.3. The van der Waals surface area contributed by atoms with Crippen LogP contribution in [0.5, 0.6) is 0 Å². The van der Waals surface area contributed by atoms with Gasteiger partial charge < -0.3 is 9.73 Å².